The fourth-order valence-electron chi connectivity index (χ4n) is 4.89. The molecule has 0 saturated carbocycles. The van der Waals surface area contributed by atoms with E-state index in [4.69, 9.17) is 19.1 Å². The predicted octanol–water partition coefficient (Wildman–Crippen LogP) is 10.6. The molecular formula is C43H80N2O9S. The first-order valence-electron chi connectivity index (χ1n) is 20.5. The van der Waals surface area contributed by atoms with E-state index < -0.39 is 17.3 Å². The highest BCUT2D eigenvalue weighted by atomic mass is 32.2. The molecule has 0 aliphatic carbocycles. The number of methoxy groups -OCH3 is 1. The maximum absolute atomic E-state index is 10.9. The van der Waals surface area contributed by atoms with Crippen LogP contribution in [0.5, 0.6) is 0 Å². The summed E-state index contributed by atoms with van der Waals surface area (Å²) in [7, 11) is 3.47. The van der Waals surface area contributed by atoms with Gasteiger partial charge in [-0.1, -0.05) is 127 Å². The molecule has 12 heteroatoms. The van der Waals surface area contributed by atoms with Gasteiger partial charge in [0.15, 0.2) is 0 Å². The van der Waals surface area contributed by atoms with E-state index in [1.165, 1.54) is 110 Å². The van der Waals surface area contributed by atoms with Crippen LogP contribution in [0.1, 0.15) is 175 Å². The molecule has 0 aliphatic rings. The van der Waals surface area contributed by atoms with Crippen LogP contribution >= 0.6 is 0 Å². The van der Waals surface area contributed by atoms with Crippen molar-refractivity contribution in [3.05, 3.63) is 67.3 Å². The number of aliphatic carboxylic acids is 1. The second-order valence-electron chi connectivity index (χ2n) is 13.1. The Kier molecular flexibility index (Phi) is 54.6. The molecule has 0 amide bonds. The first-order chi connectivity index (χ1) is 26.2. The minimum Gasteiger partial charge on any atom is -0.748 e. The number of rotatable bonds is 30. The normalized spacial score (nSPS) is 11.4. The van der Waals surface area contributed by atoms with E-state index in [9.17, 15) is 9.59 Å². The van der Waals surface area contributed by atoms with E-state index in [0.717, 1.165) is 45.1 Å². The topological polar surface area (TPSA) is 173 Å². The molecular weight excluding hydrogens is 721 g/mol. The lowest BCUT2D eigenvalue weighted by Crippen LogP contribution is -2.23. The minimum absolute atomic E-state index is 0. The van der Waals surface area contributed by atoms with Crippen molar-refractivity contribution in [3.8, 4) is 0 Å². The van der Waals surface area contributed by atoms with Crippen LogP contribution in [0.4, 0.5) is 0 Å². The Balaban J connectivity index is -0.000000352. The molecule has 322 valence electrons. The zero-order chi connectivity index (χ0) is 40.8. The van der Waals surface area contributed by atoms with Crippen molar-refractivity contribution in [1.82, 2.24) is 4.57 Å². The molecule has 1 atom stereocenters. The number of aryl methyl sites for hydroxylation is 2. The van der Waals surface area contributed by atoms with Crippen molar-refractivity contribution in [3.63, 3.8) is 0 Å². The van der Waals surface area contributed by atoms with Crippen LogP contribution in [0, 0.1) is 0 Å². The van der Waals surface area contributed by atoms with Crippen LogP contribution in [-0.4, -0.2) is 48.2 Å². The quantitative estimate of drug-likeness (QED) is 0.0147. The maximum Gasteiger partial charge on any atom is 0.305 e. The van der Waals surface area contributed by atoms with Crippen molar-refractivity contribution in [1.29, 1.82) is 0 Å². The molecule has 1 heterocycles. The van der Waals surface area contributed by atoms with Gasteiger partial charge >= 0.3 is 11.9 Å². The van der Waals surface area contributed by atoms with E-state index in [1.54, 1.807) is 0 Å². The predicted molar refractivity (Wildman–Crippen MR) is 226 cm³/mol. The summed E-state index contributed by atoms with van der Waals surface area (Å²) >= 11 is -2.77. The number of hydrogen-bond acceptors (Lipinski definition) is 7. The Labute approximate surface area is 337 Å². The highest BCUT2D eigenvalue weighted by molar-refractivity contribution is 7.73. The Morgan fingerprint density at radius 2 is 1.04 bits per heavy atom. The molecule has 1 aromatic heterocycles. The standard InChI is InChI=1S/C19H34O2.C18H32O2.C6H11N2.H2O4S.H2O/c1-3-4-5-6-7-8-9-10-11-12-13-14-15-16-17-18-19(20)21-2;1-2-3-4-5-6-7-8-9-10-11-12-13-14-15-16-17-18(19)20;1-3-8-5-4-7(2)6-8;1-4-5(2)3;/h6-7,10-11H,3-5,8-9,12-18H2,1-2H3;5-6,9-10H,2-4,7-8,11-17H2,1H3,(H,19,20);4-6H,3H2,1-2H3;1H,(H,2,3);1H2/q;;+1;;/p-1/b7-6?,11-10+;6-5?,10-9+;;;. The van der Waals surface area contributed by atoms with Gasteiger partial charge in [-0.3, -0.25) is 9.59 Å². The van der Waals surface area contributed by atoms with Gasteiger partial charge in [0.25, 0.3) is 0 Å². The van der Waals surface area contributed by atoms with Crippen molar-refractivity contribution in [2.75, 3.05) is 7.11 Å². The highest BCUT2D eigenvalue weighted by Gasteiger charge is 1.99. The van der Waals surface area contributed by atoms with Gasteiger partial charge in [0, 0.05) is 12.8 Å². The summed E-state index contributed by atoms with van der Waals surface area (Å²) in [6, 6.07) is 0. The molecule has 0 saturated heterocycles. The number of carboxylic acids is 1. The molecule has 1 rings (SSSR count). The monoisotopic (exact) mass is 801 g/mol. The lowest BCUT2D eigenvalue weighted by molar-refractivity contribution is -0.671. The fraction of sp³-hybridized carbons (Fsp3) is 0.698. The van der Waals surface area contributed by atoms with Gasteiger partial charge < -0.3 is 19.9 Å². The number of ether oxygens (including phenoxy) is 1. The maximum atomic E-state index is 10.9. The average Bonchev–Trinajstić information content (AvgIpc) is 3.60. The van der Waals surface area contributed by atoms with E-state index in [1.807, 2.05) is 17.8 Å². The molecule has 0 aromatic carbocycles. The van der Waals surface area contributed by atoms with Crippen LogP contribution in [0.25, 0.3) is 0 Å². The lowest BCUT2D eigenvalue weighted by atomic mass is 10.1. The number of nitrogens with zero attached hydrogens (tertiary/aromatic N) is 2. The van der Waals surface area contributed by atoms with Gasteiger partial charge in [0.05, 0.1) is 20.7 Å². The van der Waals surface area contributed by atoms with Gasteiger partial charge in [-0.05, 0) is 84.0 Å². The number of esters is 1. The molecule has 0 spiro atoms. The third kappa shape index (κ3) is 58.0. The molecule has 1 unspecified atom stereocenters. The van der Waals surface area contributed by atoms with Gasteiger partial charge in [-0.2, -0.15) is 0 Å². The molecule has 0 fully saturated rings. The van der Waals surface area contributed by atoms with Crippen molar-refractivity contribution >= 4 is 23.3 Å². The number of imidazole rings is 1. The van der Waals surface area contributed by atoms with Crippen molar-refractivity contribution < 1.29 is 47.8 Å². The molecule has 4 N–H and O–H groups in total. The number of allylic oxidation sites excluding steroid dienone is 8. The van der Waals surface area contributed by atoms with Crippen LogP contribution in [0.3, 0.4) is 0 Å². The number of carboxylic acid groups (broad SMARTS) is 1. The largest absolute Gasteiger partial charge is 0.748 e. The molecule has 11 nitrogen and oxygen atoms in total. The molecule has 0 bridgehead atoms. The van der Waals surface area contributed by atoms with E-state index in [-0.39, 0.29) is 11.4 Å². The van der Waals surface area contributed by atoms with Gasteiger partial charge in [0.1, 0.15) is 23.8 Å². The first-order valence-corrected chi connectivity index (χ1v) is 21.5. The second kappa shape index (κ2) is 51.1. The third-order valence-corrected chi connectivity index (χ3v) is 8.23. The number of carbonyl (C=O) groups excluding carboxylic acids is 1. The Hall–Kier alpha value is -2.90. The highest BCUT2D eigenvalue weighted by Crippen LogP contribution is 2.10. The summed E-state index contributed by atoms with van der Waals surface area (Å²) in [5.74, 6) is -0.752. The van der Waals surface area contributed by atoms with Crippen molar-refractivity contribution in [2.45, 2.75) is 181 Å². The summed E-state index contributed by atoms with van der Waals surface area (Å²) in [6.45, 7) is 7.64. The van der Waals surface area contributed by atoms with Crippen molar-refractivity contribution in [2.24, 2.45) is 7.05 Å². The smallest absolute Gasteiger partial charge is 0.305 e. The molecule has 0 radical (unpaired) electrons. The summed E-state index contributed by atoms with van der Waals surface area (Å²) in [5.41, 5.74) is 0. The van der Waals surface area contributed by atoms with Gasteiger partial charge in [0.2, 0.25) is 6.33 Å². The van der Waals surface area contributed by atoms with E-state index in [0.29, 0.717) is 12.8 Å². The molecule has 55 heavy (non-hydrogen) atoms. The number of aromatic nitrogens is 2. The van der Waals surface area contributed by atoms with Crippen LogP contribution in [-0.2, 0) is 43.6 Å². The van der Waals surface area contributed by atoms with Crippen LogP contribution in [0.15, 0.2) is 67.3 Å². The zero-order valence-corrected chi connectivity index (χ0v) is 36.0. The molecule has 0 aliphatic heterocycles. The van der Waals surface area contributed by atoms with E-state index >= 15 is 0 Å². The Morgan fingerprint density at radius 3 is 1.35 bits per heavy atom. The number of unbranched alkanes of at least 4 members (excludes halogenated alkanes) is 16. The number of carbonyl (C=O) groups is 2. The number of hydrogen-bond donors (Lipinski definition) is 2. The fourth-order valence-corrected chi connectivity index (χ4v) is 4.89. The molecule has 1 aromatic rings. The minimum atomic E-state index is -2.77. The second-order valence-corrected chi connectivity index (χ2v) is 13.7. The zero-order valence-electron chi connectivity index (χ0n) is 35.2. The Bertz CT molecular complexity index is 1090. The van der Waals surface area contributed by atoms with Crippen LogP contribution in [0.2, 0.25) is 0 Å². The summed E-state index contributed by atoms with van der Waals surface area (Å²) in [6.07, 6.45) is 51.5. The van der Waals surface area contributed by atoms with E-state index in [2.05, 4.69) is 95.5 Å². The summed E-state index contributed by atoms with van der Waals surface area (Å²) < 4.78 is 29.2. The SMILES string of the molecule is CCCCC=CCC/C=C/CCCCCCCC(=O)O.CCCCC=CCC/C=C/CCCCCCCC(=O)OC.CCn1cc[n+](C)c1.O.O=S([O-])OO. The third-order valence-electron chi connectivity index (χ3n) is 8.11. The Morgan fingerprint density at radius 1 is 0.673 bits per heavy atom. The lowest BCUT2D eigenvalue weighted by Gasteiger charge is -2.00. The summed E-state index contributed by atoms with van der Waals surface area (Å²) in [5, 5.41) is 15.5. The van der Waals surface area contributed by atoms with Gasteiger partial charge in [-0.15, -0.1) is 4.33 Å². The summed E-state index contributed by atoms with van der Waals surface area (Å²) in [4.78, 5) is 21.2. The van der Waals surface area contributed by atoms with Gasteiger partial charge in [-0.25, -0.2) is 18.6 Å². The first kappa shape index (κ1) is 58.8. The average molecular weight is 801 g/mol. The van der Waals surface area contributed by atoms with Crippen LogP contribution < -0.4 is 4.57 Å².